The van der Waals surface area contributed by atoms with Gasteiger partial charge in [-0.05, 0) is 85.7 Å². The Morgan fingerprint density at radius 2 is 1.72 bits per heavy atom. The van der Waals surface area contributed by atoms with Gasteiger partial charge in [0.25, 0.3) is 0 Å². The highest BCUT2D eigenvalue weighted by Gasteiger charge is 2.35. The van der Waals surface area contributed by atoms with Gasteiger partial charge in [0.15, 0.2) is 0 Å². The summed E-state index contributed by atoms with van der Waals surface area (Å²) in [6.07, 6.45) is 6.44. The zero-order valence-electron chi connectivity index (χ0n) is 24.5. The molecule has 43 heavy (non-hydrogen) atoms. The van der Waals surface area contributed by atoms with Gasteiger partial charge in [0.2, 0.25) is 5.91 Å². The highest BCUT2D eigenvalue weighted by atomic mass is 16.2. The number of likely N-dealkylation sites (tertiary alicyclic amines) is 1. The van der Waals surface area contributed by atoms with Crippen molar-refractivity contribution in [2.75, 3.05) is 38.5 Å². The summed E-state index contributed by atoms with van der Waals surface area (Å²) < 4.78 is 2.20. The molecule has 1 saturated carbocycles. The number of nitrogens with zero attached hydrogens (tertiary/aromatic N) is 6. The lowest BCUT2D eigenvalue weighted by Crippen LogP contribution is -2.57. The Labute approximate surface area is 251 Å². The van der Waals surface area contributed by atoms with Crippen LogP contribution in [0.5, 0.6) is 0 Å². The topological polar surface area (TPSA) is 101 Å². The Kier molecular flexibility index (Phi) is 6.88. The van der Waals surface area contributed by atoms with E-state index in [-0.39, 0.29) is 23.9 Å². The van der Waals surface area contributed by atoms with Crippen molar-refractivity contribution in [1.29, 1.82) is 0 Å². The lowest BCUT2D eigenvalue weighted by Gasteiger charge is -2.41. The standard InChI is InChI=1S/C34H37N7O2/c1-3-31(42)38-17-18-40(22(2)20-38)34(43)39-16-14-26(21-39)24-8-11-27(12-9-24)41-30-19-25(23-6-7-23)10-13-29(30)37-33(41)28-5-4-15-36-32(28)35/h3-5,8-13,15,19,22-23,26H,1,6-7,14,16-18,20-21H2,2H3,(H2,35,36)/t22-,26+/m0/s1. The molecule has 9 heteroatoms. The van der Waals surface area contributed by atoms with Gasteiger partial charge in [0.1, 0.15) is 11.6 Å². The van der Waals surface area contributed by atoms with Crippen molar-refractivity contribution < 1.29 is 9.59 Å². The number of rotatable bonds is 5. The molecule has 0 unspecified atom stereocenters. The fraction of sp³-hybridized carbons (Fsp3) is 0.353. The summed E-state index contributed by atoms with van der Waals surface area (Å²) in [5.41, 5.74) is 12.7. The van der Waals surface area contributed by atoms with Gasteiger partial charge in [-0.2, -0.15) is 0 Å². The molecule has 0 radical (unpaired) electrons. The van der Waals surface area contributed by atoms with Crippen LogP contribution >= 0.6 is 0 Å². The molecular formula is C34H37N7O2. The third kappa shape index (κ3) is 5.02. The molecule has 0 bridgehead atoms. The molecule has 2 aliphatic heterocycles. The Hall–Kier alpha value is -4.66. The van der Waals surface area contributed by atoms with Crippen LogP contribution < -0.4 is 5.73 Å². The maximum Gasteiger partial charge on any atom is 0.320 e. The molecule has 4 aromatic rings. The first kappa shape index (κ1) is 27.2. The van der Waals surface area contributed by atoms with Gasteiger partial charge in [0, 0.05) is 56.6 Å². The van der Waals surface area contributed by atoms with Crippen molar-refractivity contribution in [2.24, 2.45) is 0 Å². The van der Waals surface area contributed by atoms with Crippen molar-refractivity contribution in [3.8, 4) is 17.1 Å². The van der Waals surface area contributed by atoms with Crippen molar-refractivity contribution in [3.05, 3.63) is 84.6 Å². The molecule has 3 fully saturated rings. The Morgan fingerprint density at radius 3 is 2.44 bits per heavy atom. The molecule has 7 rings (SSSR count). The second kappa shape index (κ2) is 10.9. The van der Waals surface area contributed by atoms with E-state index in [1.54, 1.807) is 11.1 Å². The Morgan fingerprint density at radius 1 is 0.930 bits per heavy atom. The molecule has 2 atom stereocenters. The summed E-state index contributed by atoms with van der Waals surface area (Å²) in [5.74, 6) is 2.06. The largest absolute Gasteiger partial charge is 0.383 e. The van der Waals surface area contributed by atoms with Crippen molar-refractivity contribution in [3.63, 3.8) is 0 Å². The molecule has 9 nitrogen and oxygen atoms in total. The lowest BCUT2D eigenvalue weighted by atomic mass is 9.98. The molecule has 2 N–H and O–H groups in total. The fourth-order valence-corrected chi connectivity index (χ4v) is 6.67. The van der Waals surface area contributed by atoms with Gasteiger partial charge >= 0.3 is 6.03 Å². The summed E-state index contributed by atoms with van der Waals surface area (Å²) in [6, 6.07) is 19.2. The van der Waals surface area contributed by atoms with E-state index >= 15 is 0 Å². The zero-order valence-corrected chi connectivity index (χ0v) is 24.5. The molecule has 1 aliphatic carbocycles. The maximum absolute atomic E-state index is 13.4. The average molecular weight is 576 g/mol. The van der Waals surface area contributed by atoms with Gasteiger partial charge in [-0.3, -0.25) is 9.36 Å². The third-order valence-electron chi connectivity index (χ3n) is 9.25. The van der Waals surface area contributed by atoms with Gasteiger partial charge in [-0.15, -0.1) is 0 Å². The van der Waals surface area contributed by atoms with Crippen LogP contribution in [0.25, 0.3) is 28.1 Å². The van der Waals surface area contributed by atoms with E-state index in [0.717, 1.165) is 41.1 Å². The number of fused-ring (bicyclic) bond motifs is 1. The van der Waals surface area contributed by atoms with Crippen LogP contribution in [0.3, 0.4) is 0 Å². The second-order valence-electron chi connectivity index (χ2n) is 12.1. The number of nitrogen functional groups attached to an aromatic ring is 1. The molecule has 2 aromatic carbocycles. The van der Waals surface area contributed by atoms with E-state index in [1.165, 1.54) is 30.0 Å². The van der Waals surface area contributed by atoms with Crippen molar-refractivity contribution >= 4 is 28.8 Å². The number of benzene rings is 2. The predicted octanol–water partition coefficient (Wildman–Crippen LogP) is 5.18. The summed E-state index contributed by atoms with van der Waals surface area (Å²) in [6.45, 7) is 8.63. The van der Waals surface area contributed by atoms with E-state index < -0.39 is 0 Å². The van der Waals surface area contributed by atoms with Crippen LogP contribution in [0.4, 0.5) is 10.6 Å². The average Bonchev–Trinajstić information content (AvgIpc) is 3.64. The number of urea groups is 1. The highest BCUT2D eigenvalue weighted by Crippen LogP contribution is 2.42. The highest BCUT2D eigenvalue weighted by molar-refractivity contribution is 5.87. The maximum atomic E-state index is 13.4. The first-order valence-electron chi connectivity index (χ1n) is 15.2. The van der Waals surface area contributed by atoms with Gasteiger partial charge < -0.3 is 20.4 Å². The SMILES string of the molecule is C=CC(=O)N1CCN(C(=O)N2CC[C@@H](c3ccc(-n4c(-c5cccnc5N)nc5ccc(C6CC6)cc54)cc3)C2)[C@@H](C)C1. The smallest absolute Gasteiger partial charge is 0.320 e. The van der Waals surface area contributed by atoms with Crippen molar-refractivity contribution in [2.45, 2.75) is 44.1 Å². The van der Waals surface area contributed by atoms with Crippen LogP contribution in [-0.4, -0.2) is 79.9 Å². The van der Waals surface area contributed by atoms with Crippen LogP contribution in [0, 0.1) is 0 Å². The molecule has 3 aliphatic rings. The number of aromatic nitrogens is 3. The molecule has 2 saturated heterocycles. The number of imidazole rings is 1. The van der Waals surface area contributed by atoms with E-state index in [1.807, 2.05) is 28.9 Å². The van der Waals surface area contributed by atoms with Crippen LogP contribution in [0.2, 0.25) is 0 Å². The quantitative estimate of drug-likeness (QED) is 0.331. The fourth-order valence-electron chi connectivity index (χ4n) is 6.67. The minimum Gasteiger partial charge on any atom is -0.383 e. The summed E-state index contributed by atoms with van der Waals surface area (Å²) in [4.78, 5) is 40.5. The zero-order chi connectivity index (χ0) is 29.7. The predicted molar refractivity (Wildman–Crippen MR) is 168 cm³/mol. The number of nitrogens with two attached hydrogens (primary N) is 1. The van der Waals surface area contributed by atoms with Gasteiger partial charge in [0.05, 0.1) is 16.6 Å². The number of pyridine rings is 1. The van der Waals surface area contributed by atoms with Crippen molar-refractivity contribution in [1.82, 2.24) is 29.2 Å². The molecule has 2 aromatic heterocycles. The normalized spacial score (nSPS) is 20.5. The molecule has 0 spiro atoms. The number of carbonyl (C=O) groups is 2. The minimum atomic E-state index is -0.0771. The Balaban J connectivity index is 1.12. The van der Waals surface area contributed by atoms with Crippen LogP contribution in [-0.2, 0) is 4.79 Å². The molecule has 220 valence electrons. The van der Waals surface area contributed by atoms with Gasteiger partial charge in [-0.25, -0.2) is 14.8 Å². The van der Waals surface area contributed by atoms with E-state index in [0.29, 0.717) is 37.9 Å². The summed E-state index contributed by atoms with van der Waals surface area (Å²) in [7, 11) is 0. The monoisotopic (exact) mass is 575 g/mol. The van der Waals surface area contributed by atoms with Crippen LogP contribution in [0.1, 0.15) is 49.1 Å². The number of amides is 3. The minimum absolute atomic E-state index is 0.0306. The number of hydrogen-bond donors (Lipinski definition) is 1. The van der Waals surface area contributed by atoms with E-state index in [4.69, 9.17) is 10.7 Å². The number of anilines is 1. The molecule has 4 heterocycles. The van der Waals surface area contributed by atoms with Gasteiger partial charge in [-0.1, -0.05) is 24.8 Å². The lowest BCUT2D eigenvalue weighted by molar-refractivity contribution is -0.128. The van der Waals surface area contributed by atoms with E-state index in [9.17, 15) is 9.59 Å². The summed E-state index contributed by atoms with van der Waals surface area (Å²) in [5, 5.41) is 0. The molecular weight excluding hydrogens is 538 g/mol. The third-order valence-corrected chi connectivity index (χ3v) is 9.25. The number of hydrogen-bond acceptors (Lipinski definition) is 5. The number of carbonyl (C=O) groups excluding carboxylic acids is 2. The second-order valence-corrected chi connectivity index (χ2v) is 12.1. The summed E-state index contributed by atoms with van der Waals surface area (Å²) >= 11 is 0. The molecule has 3 amide bonds. The first-order chi connectivity index (χ1) is 20.9. The first-order valence-corrected chi connectivity index (χ1v) is 15.2. The number of piperazine rings is 1. The van der Waals surface area contributed by atoms with E-state index in [2.05, 4.69) is 58.6 Å². The Bertz CT molecular complexity index is 1710. The van der Waals surface area contributed by atoms with Crippen LogP contribution in [0.15, 0.2) is 73.4 Å².